The van der Waals surface area contributed by atoms with Gasteiger partial charge in [-0.15, -0.1) is 0 Å². The number of hydrogen-bond acceptors (Lipinski definition) is 1. The van der Waals surface area contributed by atoms with Crippen molar-refractivity contribution in [1.82, 2.24) is 4.57 Å². The first kappa shape index (κ1) is 23.6. The molecule has 0 bridgehead atoms. The van der Waals surface area contributed by atoms with Gasteiger partial charge in [0.05, 0.1) is 0 Å². The van der Waals surface area contributed by atoms with E-state index in [4.69, 9.17) is 0 Å². The Morgan fingerprint density at radius 1 is 0.364 bits per heavy atom. The summed E-state index contributed by atoms with van der Waals surface area (Å²) < 4.78 is 2.38. The van der Waals surface area contributed by atoms with Crippen LogP contribution in [0.1, 0.15) is 0 Å². The van der Waals surface area contributed by atoms with Gasteiger partial charge in [0.2, 0.25) is 0 Å². The maximum Gasteiger partial charge on any atom is 0.373 e. The van der Waals surface area contributed by atoms with Crippen LogP contribution in [-0.4, -0.2) is 4.57 Å². The molecule has 1 N–H and O–H groups in total. The minimum Gasteiger partial charge on any atom is -0.240 e. The number of H-pyrrole nitrogens is 1. The molecule has 0 fully saturated rings. The number of anilines is 3. The van der Waals surface area contributed by atoms with Crippen LogP contribution in [0.5, 0.6) is 0 Å². The van der Waals surface area contributed by atoms with Crippen LogP contribution in [0.3, 0.4) is 0 Å². The normalized spacial score (nSPS) is 12.5. The standard InChI is InChI=1S/C41H25N3/c1-2-13-27-26(12-1)32-17-11-18-33-28(24-25-34(27)40(32)33)29-14-3-7-20-36(29)43-37-21-8-4-15-30(37)31-16-5-9-22-38(31)44-39-23-10-6-19-35(39)42-41(43)44/h1-25H/p+1. The number of rotatable bonds is 2. The summed E-state index contributed by atoms with van der Waals surface area (Å²) >= 11 is 0. The third-order valence-electron chi connectivity index (χ3n) is 9.38. The summed E-state index contributed by atoms with van der Waals surface area (Å²) in [6.07, 6.45) is 0. The Kier molecular flexibility index (Phi) is 4.72. The molecule has 8 aromatic rings. The summed E-state index contributed by atoms with van der Waals surface area (Å²) in [6.45, 7) is 0. The minimum atomic E-state index is 1.01. The molecule has 1 aliphatic carbocycles. The van der Waals surface area contributed by atoms with E-state index in [2.05, 4.69) is 166 Å². The Labute approximate surface area is 254 Å². The maximum atomic E-state index is 3.83. The molecule has 204 valence electrons. The van der Waals surface area contributed by atoms with E-state index in [9.17, 15) is 0 Å². The van der Waals surface area contributed by atoms with E-state index in [1.165, 1.54) is 55.3 Å². The summed E-state index contributed by atoms with van der Waals surface area (Å²) in [5.41, 5.74) is 15.8. The van der Waals surface area contributed by atoms with Crippen LogP contribution in [0, 0.1) is 0 Å². The molecule has 1 aromatic heterocycles. The average Bonchev–Trinajstić information content (AvgIpc) is 3.59. The molecule has 0 saturated heterocycles. The number of aromatic amines is 1. The molecule has 2 heterocycles. The van der Waals surface area contributed by atoms with Crippen molar-refractivity contribution >= 4 is 39.1 Å². The van der Waals surface area contributed by atoms with E-state index >= 15 is 0 Å². The number of para-hydroxylation sites is 5. The van der Waals surface area contributed by atoms with E-state index in [0.717, 1.165) is 34.0 Å². The van der Waals surface area contributed by atoms with Gasteiger partial charge in [0.1, 0.15) is 28.1 Å². The molecule has 0 saturated carbocycles. The molecule has 1 aliphatic heterocycles. The number of benzene rings is 7. The molecule has 0 unspecified atom stereocenters. The maximum absolute atomic E-state index is 3.83. The Hall–Kier alpha value is -5.93. The van der Waals surface area contributed by atoms with Gasteiger partial charge in [0.15, 0.2) is 0 Å². The fourth-order valence-electron chi connectivity index (χ4n) is 7.55. The van der Waals surface area contributed by atoms with Gasteiger partial charge in [-0.2, -0.15) is 9.47 Å². The van der Waals surface area contributed by atoms with Crippen LogP contribution in [0.2, 0.25) is 0 Å². The van der Waals surface area contributed by atoms with E-state index in [1.807, 2.05) is 0 Å². The lowest BCUT2D eigenvalue weighted by atomic mass is 9.93. The second-order valence-electron chi connectivity index (χ2n) is 11.6. The monoisotopic (exact) mass is 560 g/mol. The fraction of sp³-hybridized carbons (Fsp3) is 0. The topological polar surface area (TPSA) is 22.3 Å². The van der Waals surface area contributed by atoms with Crippen molar-refractivity contribution in [2.45, 2.75) is 0 Å². The van der Waals surface area contributed by atoms with Crippen LogP contribution in [0.25, 0.3) is 72.0 Å². The summed E-state index contributed by atoms with van der Waals surface area (Å²) in [7, 11) is 0. The van der Waals surface area contributed by atoms with Crippen LogP contribution < -0.4 is 9.88 Å². The zero-order chi connectivity index (χ0) is 28.8. The molecule has 44 heavy (non-hydrogen) atoms. The fourth-order valence-corrected chi connectivity index (χ4v) is 7.55. The van der Waals surface area contributed by atoms with Crippen LogP contribution in [-0.2, 0) is 0 Å². The number of aromatic nitrogens is 2. The van der Waals surface area contributed by atoms with E-state index in [0.29, 0.717) is 0 Å². The van der Waals surface area contributed by atoms with Gasteiger partial charge in [-0.25, -0.2) is 4.98 Å². The summed E-state index contributed by atoms with van der Waals surface area (Å²) in [6, 6.07) is 55.1. The average molecular weight is 561 g/mol. The Bertz CT molecular complexity index is 2440. The summed E-state index contributed by atoms with van der Waals surface area (Å²) in [5.74, 6) is 1.01. The molecule has 0 atom stereocenters. The zero-order valence-electron chi connectivity index (χ0n) is 23.8. The van der Waals surface area contributed by atoms with E-state index < -0.39 is 0 Å². The van der Waals surface area contributed by atoms with Crippen molar-refractivity contribution in [3.8, 4) is 50.2 Å². The Morgan fingerprint density at radius 3 is 1.59 bits per heavy atom. The molecule has 7 aromatic carbocycles. The first-order chi connectivity index (χ1) is 21.9. The lowest BCUT2D eigenvalue weighted by Gasteiger charge is -2.21. The van der Waals surface area contributed by atoms with Crippen molar-refractivity contribution in [2.24, 2.45) is 0 Å². The van der Waals surface area contributed by atoms with Gasteiger partial charge in [0, 0.05) is 16.7 Å². The first-order valence-corrected chi connectivity index (χ1v) is 15.1. The lowest BCUT2D eigenvalue weighted by molar-refractivity contribution is -0.329. The van der Waals surface area contributed by atoms with Crippen LogP contribution in [0.4, 0.5) is 17.3 Å². The highest BCUT2D eigenvalue weighted by atomic mass is 15.3. The Balaban J connectivity index is 1.30. The molecular formula is C41H26N3+. The first-order valence-electron chi connectivity index (χ1n) is 15.1. The summed E-state index contributed by atoms with van der Waals surface area (Å²) in [5, 5.41) is 2.62. The third-order valence-corrected chi connectivity index (χ3v) is 9.38. The molecular weight excluding hydrogens is 534 g/mol. The van der Waals surface area contributed by atoms with Crippen molar-refractivity contribution in [3.05, 3.63) is 152 Å². The van der Waals surface area contributed by atoms with Gasteiger partial charge in [0.25, 0.3) is 0 Å². The number of hydrogen-bond donors (Lipinski definition) is 0. The van der Waals surface area contributed by atoms with Gasteiger partial charge >= 0.3 is 5.95 Å². The van der Waals surface area contributed by atoms with Gasteiger partial charge in [-0.1, -0.05) is 121 Å². The Morgan fingerprint density at radius 2 is 0.864 bits per heavy atom. The van der Waals surface area contributed by atoms with Gasteiger partial charge in [-0.05, 0) is 68.9 Å². The molecule has 3 heteroatoms. The molecule has 0 radical (unpaired) electrons. The number of imidazole rings is 1. The zero-order valence-corrected chi connectivity index (χ0v) is 23.8. The van der Waals surface area contributed by atoms with Crippen molar-refractivity contribution in [2.75, 3.05) is 4.90 Å². The predicted molar refractivity (Wildman–Crippen MR) is 181 cm³/mol. The molecule has 10 rings (SSSR count). The highest BCUT2D eigenvalue weighted by Gasteiger charge is 2.36. The van der Waals surface area contributed by atoms with Gasteiger partial charge < -0.3 is 0 Å². The van der Waals surface area contributed by atoms with Crippen molar-refractivity contribution in [3.63, 3.8) is 0 Å². The second-order valence-corrected chi connectivity index (χ2v) is 11.6. The highest BCUT2D eigenvalue weighted by molar-refractivity contribution is 6.19. The largest absolute Gasteiger partial charge is 0.373 e. The second kappa shape index (κ2) is 8.79. The molecule has 0 amide bonds. The minimum absolute atomic E-state index is 1.01. The predicted octanol–water partition coefficient (Wildman–Crippen LogP) is 10.4. The number of nitrogens with zero attached hydrogens (tertiary/aromatic N) is 2. The smallest absolute Gasteiger partial charge is 0.240 e. The quantitative estimate of drug-likeness (QED) is 0.206. The van der Waals surface area contributed by atoms with Gasteiger partial charge in [-0.3, -0.25) is 0 Å². The SMILES string of the molecule is c1ccc2c(c1)-c1cccc3c(-c4ccccc4N4c5ccccc5-c5ccccc5-n5c4[nH+]c4ccccc45)ccc-2c13. The van der Waals surface area contributed by atoms with Crippen molar-refractivity contribution < 1.29 is 4.98 Å². The van der Waals surface area contributed by atoms with Crippen molar-refractivity contribution in [1.29, 1.82) is 0 Å². The van der Waals surface area contributed by atoms with E-state index in [-0.39, 0.29) is 0 Å². The van der Waals surface area contributed by atoms with Crippen LogP contribution in [0.15, 0.2) is 152 Å². The number of fused-ring (bicyclic) bond motifs is 10. The molecule has 2 aliphatic rings. The van der Waals surface area contributed by atoms with Crippen LogP contribution >= 0.6 is 0 Å². The summed E-state index contributed by atoms with van der Waals surface area (Å²) in [4.78, 5) is 6.25. The highest BCUT2D eigenvalue weighted by Crippen LogP contribution is 2.52. The van der Waals surface area contributed by atoms with E-state index in [1.54, 1.807) is 0 Å². The molecule has 3 nitrogen and oxygen atoms in total. The lowest BCUT2D eigenvalue weighted by Crippen LogP contribution is -2.21. The third kappa shape index (κ3) is 3.08. The molecule has 0 spiro atoms. The number of nitrogens with one attached hydrogen (secondary N) is 1.